The number of fused-ring (bicyclic) bond motifs is 2. The van der Waals surface area contributed by atoms with Crippen LogP contribution in [0.2, 0.25) is 0 Å². The van der Waals surface area contributed by atoms with Crippen LogP contribution in [-0.2, 0) is 10.9 Å². The first-order chi connectivity index (χ1) is 14.9. The van der Waals surface area contributed by atoms with Crippen molar-refractivity contribution in [2.75, 3.05) is 39.5 Å². The molecule has 0 radical (unpaired) electrons. The molecule has 0 bridgehead atoms. The van der Waals surface area contributed by atoms with Gasteiger partial charge in [-0.15, -0.1) is 0 Å². The van der Waals surface area contributed by atoms with E-state index >= 15 is 0 Å². The molecule has 31 heavy (non-hydrogen) atoms. The molecular formula is C20H17F3N4O4. The molecule has 2 aliphatic heterocycles. The van der Waals surface area contributed by atoms with E-state index in [1.165, 1.54) is 4.90 Å². The maximum absolute atomic E-state index is 13.8. The molecule has 2 aliphatic rings. The van der Waals surface area contributed by atoms with Crippen LogP contribution in [0.15, 0.2) is 30.5 Å². The SMILES string of the molecule is O=C(c1cnn2c(C(F)(F)F)cc(-c3ccc4c(c3)OCCO4)nc12)N1CCOCC1. The summed E-state index contributed by atoms with van der Waals surface area (Å²) in [6.07, 6.45) is -3.57. The van der Waals surface area contributed by atoms with Gasteiger partial charge in [-0.05, 0) is 24.3 Å². The highest BCUT2D eigenvalue weighted by Gasteiger charge is 2.36. The average Bonchev–Trinajstić information content (AvgIpc) is 3.21. The predicted molar refractivity (Wildman–Crippen MR) is 101 cm³/mol. The highest BCUT2D eigenvalue weighted by molar-refractivity contribution is 6.00. The second kappa shape index (κ2) is 7.41. The molecule has 3 aromatic rings. The second-order valence-corrected chi connectivity index (χ2v) is 7.08. The average molecular weight is 434 g/mol. The van der Waals surface area contributed by atoms with Crippen molar-refractivity contribution in [2.24, 2.45) is 0 Å². The topological polar surface area (TPSA) is 78.2 Å². The summed E-state index contributed by atoms with van der Waals surface area (Å²) >= 11 is 0. The summed E-state index contributed by atoms with van der Waals surface area (Å²) in [5.41, 5.74) is -0.719. The molecule has 162 valence electrons. The number of rotatable bonds is 2. The third-order valence-electron chi connectivity index (χ3n) is 5.13. The first kappa shape index (κ1) is 19.6. The number of carbonyl (C=O) groups excluding carboxylic acids is 1. The smallest absolute Gasteiger partial charge is 0.433 e. The van der Waals surface area contributed by atoms with Crippen LogP contribution in [0.1, 0.15) is 16.1 Å². The maximum Gasteiger partial charge on any atom is 0.433 e. The van der Waals surface area contributed by atoms with Gasteiger partial charge in [-0.2, -0.15) is 18.3 Å². The number of aromatic nitrogens is 3. The maximum atomic E-state index is 13.8. The lowest BCUT2D eigenvalue weighted by Gasteiger charge is -2.26. The Bertz CT molecular complexity index is 1160. The number of nitrogens with zero attached hydrogens (tertiary/aromatic N) is 4. The number of carbonyl (C=O) groups is 1. The lowest BCUT2D eigenvalue weighted by atomic mass is 10.1. The molecule has 11 heteroatoms. The molecule has 1 fully saturated rings. The van der Waals surface area contributed by atoms with Gasteiger partial charge in [0.2, 0.25) is 0 Å². The largest absolute Gasteiger partial charge is 0.486 e. The van der Waals surface area contributed by atoms with E-state index in [1.54, 1.807) is 18.2 Å². The fourth-order valence-corrected chi connectivity index (χ4v) is 3.60. The summed E-state index contributed by atoms with van der Waals surface area (Å²) in [7, 11) is 0. The molecular weight excluding hydrogens is 417 g/mol. The minimum Gasteiger partial charge on any atom is -0.486 e. The summed E-state index contributed by atoms with van der Waals surface area (Å²) in [5, 5.41) is 3.82. The van der Waals surface area contributed by atoms with E-state index in [4.69, 9.17) is 14.2 Å². The predicted octanol–water partition coefficient (Wildman–Crippen LogP) is 2.66. The van der Waals surface area contributed by atoms with Gasteiger partial charge in [0, 0.05) is 18.7 Å². The quantitative estimate of drug-likeness (QED) is 0.617. The second-order valence-electron chi connectivity index (χ2n) is 7.08. The van der Waals surface area contributed by atoms with E-state index in [2.05, 4.69) is 10.1 Å². The molecule has 0 spiro atoms. The van der Waals surface area contributed by atoms with Crippen molar-refractivity contribution in [1.29, 1.82) is 0 Å². The zero-order valence-electron chi connectivity index (χ0n) is 16.2. The van der Waals surface area contributed by atoms with Crippen molar-refractivity contribution in [1.82, 2.24) is 19.5 Å². The Morgan fingerprint density at radius 1 is 1.00 bits per heavy atom. The Morgan fingerprint density at radius 3 is 2.48 bits per heavy atom. The standard InChI is InChI=1S/C20H17F3N4O4/c21-20(22,23)17-10-14(12-1-2-15-16(9-12)31-8-7-30-15)25-18-13(11-24-27(17)18)19(28)26-3-5-29-6-4-26/h1-2,9-11H,3-8H2. The molecule has 1 aromatic carbocycles. The van der Waals surface area contributed by atoms with Gasteiger partial charge in [-0.1, -0.05) is 0 Å². The molecule has 0 unspecified atom stereocenters. The molecule has 8 nitrogen and oxygen atoms in total. The number of halogens is 3. The van der Waals surface area contributed by atoms with Crippen molar-refractivity contribution in [3.8, 4) is 22.8 Å². The zero-order chi connectivity index (χ0) is 21.6. The molecule has 0 saturated carbocycles. The lowest BCUT2D eigenvalue weighted by molar-refractivity contribution is -0.142. The van der Waals surface area contributed by atoms with Gasteiger partial charge >= 0.3 is 6.18 Å². The van der Waals surface area contributed by atoms with E-state index in [-0.39, 0.29) is 16.9 Å². The zero-order valence-corrected chi connectivity index (χ0v) is 16.2. The molecule has 0 aliphatic carbocycles. The summed E-state index contributed by atoms with van der Waals surface area (Å²) in [6, 6.07) is 5.72. The number of morpholine rings is 1. The first-order valence-corrected chi connectivity index (χ1v) is 9.65. The minimum atomic E-state index is -4.70. The van der Waals surface area contributed by atoms with Crippen LogP contribution in [0, 0.1) is 0 Å². The number of ether oxygens (including phenoxy) is 3. The number of hydrogen-bond acceptors (Lipinski definition) is 6. The van der Waals surface area contributed by atoms with Crippen molar-refractivity contribution in [2.45, 2.75) is 6.18 Å². The monoisotopic (exact) mass is 434 g/mol. The Morgan fingerprint density at radius 2 is 1.74 bits per heavy atom. The number of alkyl halides is 3. The summed E-state index contributed by atoms with van der Waals surface area (Å²) in [5.74, 6) is 0.509. The Labute approximate surface area is 174 Å². The van der Waals surface area contributed by atoms with Crippen molar-refractivity contribution in [3.05, 3.63) is 41.7 Å². The van der Waals surface area contributed by atoms with Gasteiger partial charge in [0.1, 0.15) is 18.8 Å². The van der Waals surface area contributed by atoms with Crippen LogP contribution < -0.4 is 9.47 Å². The van der Waals surface area contributed by atoms with Crippen LogP contribution in [-0.4, -0.2) is 64.9 Å². The van der Waals surface area contributed by atoms with E-state index in [9.17, 15) is 18.0 Å². The van der Waals surface area contributed by atoms with Gasteiger partial charge in [0.15, 0.2) is 22.8 Å². The molecule has 4 heterocycles. The third-order valence-corrected chi connectivity index (χ3v) is 5.13. The Hall–Kier alpha value is -3.34. The van der Waals surface area contributed by atoms with Crippen molar-refractivity contribution in [3.63, 3.8) is 0 Å². The van der Waals surface area contributed by atoms with Crippen LogP contribution >= 0.6 is 0 Å². The fourth-order valence-electron chi connectivity index (χ4n) is 3.60. The van der Waals surface area contributed by atoms with E-state index in [0.29, 0.717) is 61.1 Å². The van der Waals surface area contributed by atoms with E-state index in [1.807, 2.05) is 0 Å². The summed E-state index contributed by atoms with van der Waals surface area (Å²) in [4.78, 5) is 18.8. The fraction of sp³-hybridized carbons (Fsp3) is 0.350. The van der Waals surface area contributed by atoms with Gasteiger partial charge in [-0.3, -0.25) is 4.79 Å². The van der Waals surface area contributed by atoms with Crippen molar-refractivity contribution >= 4 is 11.6 Å². The van der Waals surface area contributed by atoms with Gasteiger partial charge < -0.3 is 19.1 Å². The summed E-state index contributed by atoms with van der Waals surface area (Å²) < 4.78 is 58.3. The number of amides is 1. The number of benzene rings is 1. The Kier molecular flexibility index (Phi) is 4.69. The highest BCUT2D eigenvalue weighted by Crippen LogP contribution is 2.37. The summed E-state index contributed by atoms with van der Waals surface area (Å²) in [6.45, 7) is 2.19. The highest BCUT2D eigenvalue weighted by atomic mass is 19.4. The van der Waals surface area contributed by atoms with Gasteiger partial charge in [0.25, 0.3) is 5.91 Å². The molecule has 1 saturated heterocycles. The molecule has 0 atom stereocenters. The molecule has 2 aromatic heterocycles. The Balaban J connectivity index is 1.64. The van der Waals surface area contributed by atoms with Gasteiger partial charge in [0.05, 0.1) is 25.1 Å². The van der Waals surface area contributed by atoms with Crippen LogP contribution in [0.5, 0.6) is 11.5 Å². The van der Waals surface area contributed by atoms with Crippen LogP contribution in [0.4, 0.5) is 13.2 Å². The molecule has 5 rings (SSSR count). The third kappa shape index (κ3) is 3.54. The normalized spacial score (nSPS) is 16.5. The van der Waals surface area contributed by atoms with Gasteiger partial charge in [-0.25, -0.2) is 9.50 Å². The van der Waals surface area contributed by atoms with Crippen molar-refractivity contribution < 1.29 is 32.2 Å². The lowest BCUT2D eigenvalue weighted by Crippen LogP contribution is -2.40. The minimum absolute atomic E-state index is 0.00629. The number of hydrogen-bond donors (Lipinski definition) is 0. The van der Waals surface area contributed by atoms with Crippen LogP contribution in [0.3, 0.4) is 0 Å². The molecule has 1 amide bonds. The van der Waals surface area contributed by atoms with E-state index in [0.717, 1.165) is 12.3 Å². The molecule has 0 N–H and O–H groups in total. The van der Waals surface area contributed by atoms with Crippen LogP contribution in [0.25, 0.3) is 16.9 Å². The first-order valence-electron chi connectivity index (χ1n) is 9.65. The van der Waals surface area contributed by atoms with E-state index < -0.39 is 17.8 Å².